The van der Waals surface area contributed by atoms with E-state index in [1.54, 1.807) is 24.3 Å². The molecule has 0 unspecified atom stereocenters. The third kappa shape index (κ3) is 2.24. The zero-order valence-electron chi connectivity index (χ0n) is 15.5. The number of halogens is 1. The maximum absolute atomic E-state index is 13.3. The minimum atomic E-state index is -0.531. The van der Waals surface area contributed by atoms with Crippen LogP contribution in [0.15, 0.2) is 53.7 Å². The van der Waals surface area contributed by atoms with Crippen LogP contribution in [-0.2, 0) is 19.2 Å². The summed E-state index contributed by atoms with van der Waals surface area (Å²) < 4.78 is 6.13. The number of hydrogen-bond acceptors (Lipinski definition) is 5. The van der Waals surface area contributed by atoms with Gasteiger partial charge in [-0.3, -0.25) is 9.59 Å². The SMILES string of the molecule is Cc1ccc(C2=NO[C@@H]3[C@H]4O[C@@H]([C@H]23)[C@H]2C(=O)N(c3ccc(Cl)cc3)C(=O)[C@@H]42)cc1. The van der Waals surface area contributed by atoms with Crippen LogP contribution in [0.3, 0.4) is 0 Å². The molecule has 29 heavy (non-hydrogen) atoms. The second-order valence-electron chi connectivity index (χ2n) is 8.04. The summed E-state index contributed by atoms with van der Waals surface area (Å²) in [6, 6.07) is 14.8. The van der Waals surface area contributed by atoms with E-state index >= 15 is 0 Å². The standard InChI is InChI=1S/C22H17ClN2O4/c1-10-2-4-11(5-3-10)17-16-18-14-15(19(28-18)20(16)29-24-17)22(27)25(21(14)26)13-8-6-12(23)7-9-13/h2-9,14-16,18-20H,1H3/t14-,15+,16-,18+,19-,20-/m0/s1. The van der Waals surface area contributed by atoms with Crippen molar-refractivity contribution in [2.24, 2.45) is 22.9 Å². The number of nitrogens with zero attached hydrogens (tertiary/aromatic N) is 2. The average Bonchev–Trinajstić information content (AvgIpc) is 3.44. The normalized spacial score (nSPS) is 34.3. The van der Waals surface area contributed by atoms with Gasteiger partial charge in [-0.2, -0.15) is 0 Å². The third-order valence-corrected chi connectivity index (χ3v) is 6.72. The van der Waals surface area contributed by atoms with E-state index in [0.717, 1.165) is 16.8 Å². The van der Waals surface area contributed by atoms with Gasteiger partial charge in [0.2, 0.25) is 11.8 Å². The predicted molar refractivity (Wildman–Crippen MR) is 106 cm³/mol. The number of hydrogen-bond donors (Lipinski definition) is 0. The molecule has 0 saturated carbocycles. The van der Waals surface area contributed by atoms with Crippen molar-refractivity contribution in [3.63, 3.8) is 0 Å². The minimum Gasteiger partial charge on any atom is -0.389 e. The molecule has 2 amide bonds. The molecule has 0 N–H and O–H groups in total. The molecule has 6 rings (SSSR count). The number of imide groups is 1. The first-order chi connectivity index (χ1) is 14.0. The van der Waals surface area contributed by atoms with Gasteiger partial charge in [0.1, 0.15) is 6.10 Å². The summed E-state index contributed by atoms with van der Waals surface area (Å²) in [6.45, 7) is 2.03. The molecule has 7 heteroatoms. The quantitative estimate of drug-likeness (QED) is 0.716. The van der Waals surface area contributed by atoms with Crippen LogP contribution >= 0.6 is 11.6 Å². The largest absolute Gasteiger partial charge is 0.389 e. The van der Waals surface area contributed by atoms with Crippen LogP contribution < -0.4 is 4.90 Å². The monoisotopic (exact) mass is 408 g/mol. The van der Waals surface area contributed by atoms with Gasteiger partial charge in [0.25, 0.3) is 0 Å². The van der Waals surface area contributed by atoms with Crippen LogP contribution in [0.4, 0.5) is 5.69 Å². The molecule has 2 bridgehead atoms. The highest BCUT2D eigenvalue weighted by molar-refractivity contribution is 6.31. The van der Waals surface area contributed by atoms with Crippen LogP contribution in [0.25, 0.3) is 0 Å². The maximum Gasteiger partial charge on any atom is 0.240 e. The summed E-state index contributed by atoms with van der Waals surface area (Å²) in [5.74, 6) is -1.64. The van der Waals surface area contributed by atoms with E-state index in [-0.39, 0.29) is 23.8 Å². The van der Waals surface area contributed by atoms with Crippen LogP contribution in [0.2, 0.25) is 5.02 Å². The van der Waals surface area contributed by atoms with Gasteiger partial charge in [-0.1, -0.05) is 46.6 Å². The zero-order valence-corrected chi connectivity index (χ0v) is 16.2. The third-order valence-electron chi connectivity index (χ3n) is 6.47. The molecular weight excluding hydrogens is 392 g/mol. The average molecular weight is 409 g/mol. The summed E-state index contributed by atoms with van der Waals surface area (Å²) in [6.07, 6.45) is -1.21. The van der Waals surface area contributed by atoms with Crippen molar-refractivity contribution < 1.29 is 19.2 Å². The lowest BCUT2D eigenvalue weighted by Crippen LogP contribution is -2.45. The summed E-state index contributed by atoms with van der Waals surface area (Å²) >= 11 is 5.95. The van der Waals surface area contributed by atoms with Crippen molar-refractivity contribution >= 4 is 34.8 Å². The topological polar surface area (TPSA) is 68.2 Å². The van der Waals surface area contributed by atoms with E-state index in [1.165, 1.54) is 4.90 Å². The number of carbonyl (C=O) groups excluding carboxylic acids is 2. The molecule has 0 aromatic heterocycles. The fourth-order valence-electron chi connectivity index (χ4n) is 5.16. The molecule has 4 heterocycles. The van der Waals surface area contributed by atoms with Crippen molar-refractivity contribution in [3.05, 3.63) is 64.7 Å². The van der Waals surface area contributed by atoms with E-state index in [2.05, 4.69) is 5.16 Å². The number of oxime groups is 1. The van der Waals surface area contributed by atoms with Crippen LogP contribution in [0.1, 0.15) is 11.1 Å². The fraction of sp³-hybridized carbons (Fsp3) is 0.318. The van der Waals surface area contributed by atoms with E-state index in [4.69, 9.17) is 21.2 Å². The first kappa shape index (κ1) is 17.2. The van der Waals surface area contributed by atoms with Crippen molar-refractivity contribution in [1.29, 1.82) is 0 Å². The van der Waals surface area contributed by atoms with E-state index in [9.17, 15) is 9.59 Å². The van der Waals surface area contributed by atoms with E-state index in [0.29, 0.717) is 10.7 Å². The Morgan fingerprint density at radius 3 is 2.21 bits per heavy atom. The predicted octanol–water partition coefficient (Wildman–Crippen LogP) is 2.95. The highest BCUT2D eigenvalue weighted by atomic mass is 35.5. The Hall–Kier alpha value is -2.70. The van der Waals surface area contributed by atoms with Crippen molar-refractivity contribution in [1.82, 2.24) is 0 Å². The van der Waals surface area contributed by atoms with Gasteiger partial charge >= 0.3 is 0 Å². The number of ether oxygens (including phenoxy) is 1. The Morgan fingerprint density at radius 2 is 1.52 bits per heavy atom. The van der Waals surface area contributed by atoms with Gasteiger partial charge in [0.05, 0.1) is 35.3 Å². The summed E-state index contributed by atoms with van der Waals surface area (Å²) in [7, 11) is 0. The smallest absolute Gasteiger partial charge is 0.240 e. The van der Waals surface area contributed by atoms with Gasteiger partial charge in [-0.25, -0.2) is 4.90 Å². The highest BCUT2D eigenvalue weighted by Crippen LogP contribution is 2.55. The lowest BCUT2D eigenvalue weighted by molar-refractivity contribution is -0.125. The number of fused-ring (bicyclic) bond motifs is 8. The number of aryl methyl sites for hydroxylation is 1. The molecule has 0 spiro atoms. The first-order valence-corrected chi connectivity index (χ1v) is 10.0. The van der Waals surface area contributed by atoms with E-state index in [1.807, 2.05) is 31.2 Å². The Bertz CT molecular complexity index is 1070. The van der Waals surface area contributed by atoms with Gasteiger partial charge in [-0.05, 0) is 36.8 Å². The van der Waals surface area contributed by atoms with Gasteiger partial charge < -0.3 is 9.57 Å². The highest BCUT2D eigenvalue weighted by Gasteiger charge is 2.72. The van der Waals surface area contributed by atoms with Crippen LogP contribution in [-0.4, -0.2) is 35.8 Å². The molecule has 6 nitrogen and oxygen atoms in total. The van der Waals surface area contributed by atoms with Crippen LogP contribution in [0, 0.1) is 24.7 Å². The Labute approximate surface area is 172 Å². The number of amides is 2. The first-order valence-electron chi connectivity index (χ1n) is 9.64. The van der Waals surface area contributed by atoms with E-state index < -0.39 is 24.0 Å². The molecule has 146 valence electrons. The van der Waals surface area contributed by atoms with Gasteiger partial charge in [0, 0.05) is 5.02 Å². The summed E-state index contributed by atoms with van der Waals surface area (Å²) in [5.41, 5.74) is 3.45. The lowest BCUT2D eigenvalue weighted by atomic mass is 9.71. The van der Waals surface area contributed by atoms with Gasteiger partial charge in [-0.15, -0.1) is 0 Å². The number of anilines is 1. The van der Waals surface area contributed by atoms with Crippen molar-refractivity contribution in [2.45, 2.75) is 25.2 Å². The second-order valence-corrected chi connectivity index (χ2v) is 8.48. The number of carbonyl (C=O) groups is 2. The van der Waals surface area contributed by atoms with Crippen molar-refractivity contribution in [2.75, 3.05) is 4.90 Å². The molecule has 6 atom stereocenters. The maximum atomic E-state index is 13.3. The fourth-order valence-corrected chi connectivity index (χ4v) is 5.29. The second kappa shape index (κ2) is 5.90. The Kier molecular flexibility index (Phi) is 3.50. The summed E-state index contributed by atoms with van der Waals surface area (Å²) in [4.78, 5) is 33.4. The molecule has 3 fully saturated rings. The molecule has 2 aromatic rings. The molecule has 3 saturated heterocycles. The molecule has 2 aromatic carbocycles. The Morgan fingerprint density at radius 1 is 0.862 bits per heavy atom. The number of benzene rings is 2. The zero-order chi connectivity index (χ0) is 19.9. The minimum absolute atomic E-state index is 0.147. The summed E-state index contributed by atoms with van der Waals surface area (Å²) in [5, 5.41) is 4.87. The lowest BCUT2D eigenvalue weighted by Gasteiger charge is -2.26. The number of rotatable bonds is 2. The molecule has 0 radical (unpaired) electrons. The molecule has 4 aliphatic heterocycles. The molecule has 0 aliphatic carbocycles. The molecule has 4 aliphatic rings. The van der Waals surface area contributed by atoms with Crippen LogP contribution in [0.5, 0.6) is 0 Å². The van der Waals surface area contributed by atoms with Gasteiger partial charge in [0.15, 0.2) is 6.10 Å². The molecular formula is C22H17ClN2O4. The van der Waals surface area contributed by atoms with Crippen molar-refractivity contribution in [3.8, 4) is 0 Å². The Balaban J connectivity index is 1.35.